The normalized spacial score (nSPS) is 12.3. The molecule has 0 heterocycles. The van der Waals surface area contributed by atoms with Gasteiger partial charge < -0.3 is 5.32 Å². The van der Waals surface area contributed by atoms with Crippen LogP contribution in [0.25, 0.3) is 0 Å². The second-order valence-electron chi connectivity index (χ2n) is 7.55. The summed E-state index contributed by atoms with van der Waals surface area (Å²) in [5.41, 5.74) is 2.13. The Hall–Kier alpha value is -2.67. The van der Waals surface area contributed by atoms with Gasteiger partial charge in [0, 0.05) is 11.6 Å². The van der Waals surface area contributed by atoms with Crippen LogP contribution in [-0.4, -0.2) is 26.9 Å². The first-order valence-electron chi connectivity index (χ1n) is 10.6. The molecule has 0 aliphatic carbocycles. The molecule has 2 N–H and O–H groups in total. The van der Waals surface area contributed by atoms with Gasteiger partial charge in [0.25, 0.3) is 0 Å². The maximum Gasteiger partial charge on any atom is 0.241 e. The number of sulfonamides is 1. The summed E-state index contributed by atoms with van der Waals surface area (Å²) >= 11 is 5.87. The molecule has 0 radical (unpaired) electrons. The number of aryl methyl sites for hydroxylation is 1. The topological polar surface area (TPSA) is 75.3 Å². The van der Waals surface area contributed by atoms with Gasteiger partial charge >= 0.3 is 0 Å². The van der Waals surface area contributed by atoms with Crippen LogP contribution in [0.4, 0.5) is 0 Å². The number of unbranched alkanes of at least 4 members (excludes halogenated alkanes) is 1. The zero-order valence-electron chi connectivity index (χ0n) is 17.7. The van der Waals surface area contributed by atoms with E-state index < -0.39 is 16.1 Å². The number of hydrogen-bond acceptors (Lipinski definition) is 3. The van der Waals surface area contributed by atoms with E-state index in [0.29, 0.717) is 11.6 Å². The maximum absolute atomic E-state index is 12.9. The Morgan fingerprint density at radius 2 is 1.41 bits per heavy atom. The molecule has 0 saturated carbocycles. The lowest BCUT2D eigenvalue weighted by Gasteiger charge is -2.19. The summed E-state index contributed by atoms with van der Waals surface area (Å²) in [6.07, 6.45) is 2.93. The lowest BCUT2D eigenvalue weighted by atomic mass is 10.1. The lowest BCUT2D eigenvalue weighted by Crippen LogP contribution is -2.48. The van der Waals surface area contributed by atoms with E-state index in [-0.39, 0.29) is 17.2 Å². The maximum atomic E-state index is 12.9. The van der Waals surface area contributed by atoms with Gasteiger partial charge in [-0.25, -0.2) is 8.42 Å². The fourth-order valence-corrected chi connectivity index (χ4v) is 4.66. The molecule has 0 fully saturated rings. The highest BCUT2D eigenvalue weighted by molar-refractivity contribution is 7.89. The van der Waals surface area contributed by atoms with E-state index in [1.807, 2.05) is 48.5 Å². The zero-order chi connectivity index (χ0) is 22.8. The fourth-order valence-electron chi connectivity index (χ4n) is 3.34. The lowest BCUT2D eigenvalue weighted by molar-refractivity contribution is -0.122. The molecule has 0 aromatic heterocycles. The van der Waals surface area contributed by atoms with E-state index >= 15 is 0 Å². The molecule has 32 heavy (non-hydrogen) atoms. The molecule has 0 aliphatic rings. The molecule has 1 atom stereocenters. The van der Waals surface area contributed by atoms with Crippen molar-refractivity contribution in [2.45, 2.75) is 36.6 Å². The molecule has 7 heteroatoms. The Balaban J connectivity index is 1.61. The van der Waals surface area contributed by atoms with Gasteiger partial charge in [-0.2, -0.15) is 4.72 Å². The minimum absolute atomic E-state index is 0.0654. The number of halogens is 1. The molecule has 168 valence electrons. The summed E-state index contributed by atoms with van der Waals surface area (Å²) in [5, 5.41) is 3.33. The highest BCUT2D eigenvalue weighted by Crippen LogP contribution is 2.15. The van der Waals surface area contributed by atoms with E-state index in [4.69, 9.17) is 11.6 Å². The second-order valence-corrected chi connectivity index (χ2v) is 9.70. The van der Waals surface area contributed by atoms with Crippen LogP contribution < -0.4 is 10.0 Å². The minimum atomic E-state index is -3.88. The van der Waals surface area contributed by atoms with Crippen LogP contribution in [0.3, 0.4) is 0 Å². The monoisotopic (exact) mass is 470 g/mol. The van der Waals surface area contributed by atoms with E-state index in [1.54, 1.807) is 0 Å². The molecule has 0 bridgehead atoms. The van der Waals surface area contributed by atoms with Crippen molar-refractivity contribution in [1.82, 2.24) is 10.0 Å². The summed E-state index contributed by atoms with van der Waals surface area (Å²) in [6, 6.07) is 24.5. The van der Waals surface area contributed by atoms with Crippen LogP contribution in [0.5, 0.6) is 0 Å². The van der Waals surface area contributed by atoms with Crippen molar-refractivity contribution in [2.24, 2.45) is 0 Å². The zero-order valence-corrected chi connectivity index (χ0v) is 19.3. The van der Waals surface area contributed by atoms with Gasteiger partial charge in [-0.3, -0.25) is 4.79 Å². The van der Waals surface area contributed by atoms with Crippen molar-refractivity contribution in [3.8, 4) is 0 Å². The quantitative estimate of drug-likeness (QED) is 0.408. The van der Waals surface area contributed by atoms with Crippen LogP contribution in [0.15, 0.2) is 89.8 Å². The average molecular weight is 471 g/mol. The van der Waals surface area contributed by atoms with Crippen molar-refractivity contribution in [1.29, 1.82) is 0 Å². The Bertz CT molecular complexity index is 1090. The smallest absolute Gasteiger partial charge is 0.241 e. The first-order valence-corrected chi connectivity index (χ1v) is 12.4. The van der Waals surface area contributed by atoms with Crippen LogP contribution in [-0.2, 0) is 27.7 Å². The van der Waals surface area contributed by atoms with E-state index in [9.17, 15) is 13.2 Å². The summed E-state index contributed by atoms with van der Waals surface area (Å²) < 4.78 is 28.3. The van der Waals surface area contributed by atoms with Crippen molar-refractivity contribution >= 4 is 27.5 Å². The van der Waals surface area contributed by atoms with Crippen molar-refractivity contribution < 1.29 is 13.2 Å². The molecular weight excluding hydrogens is 444 g/mol. The summed E-state index contributed by atoms with van der Waals surface area (Å²) in [5.74, 6) is -0.342. The third-order valence-electron chi connectivity index (χ3n) is 5.05. The molecule has 0 saturated heterocycles. The third-order valence-corrected chi connectivity index (χ3v) is 6.79. The van der Waals surface area contributed by atoms with Crippen LogP contribution in [0.2, 0.25) is 5.02 Å². The number of carbonyl (C=O) groups excluding carboxylic acids is 1. The first-order chi connectivity index (χ1) is 15.4. The Labute approximate surface area is 194 Å². The van der Waals surface area contributed by atoms with Crippen LogP contribution in [0, 0.1) is 0 Å². The molecule has 3 aromatic rings. The number of rotatable bonds is 11. The van der Waals surface area contributed by atoms with Gasteiger partial charge in [-0.15, -0.1) is 0 Å². The van der Waals surface area contributed by atoms with E-state index in [2.05, 4.69) is 22.2 Å². The molecule has 3 aromatic carbocycles. The average Bonchev–Trinajstić information content (AvgIpc) is 2.80. The summed E-state index contributed by atoms with van der Waals surface area (Å²) in [4.78, 5) is 13.0. The van der Waals surface area contributed by atoms with Crippen molar-refractivity contribution in [2.75, 3.05) is 6.54 Å². The molecule has 5 nitrogen and oxygen atoms in total. The molecule has 0 aliphatic heterocycles. The standard InChI is InChI=1S/C25H27ClN2O3S/c26-22-14-16-23(17-15-22)32(30,31)28-24(19-21-12-5-2-6-13-21)25(29)27-18-8-7-11-20-9-3-1-4-10-20/h1-6,9-10,12-17,24,28H,7-8,11,18-19H2,(H,27,29)/t24-/m0/s1. The second kappa shape index (κ2) is 11.8. The van der Waals surface area contributed by atoms with Gasteiger partial charge in [-0.1, -0.05) is 72.3 Å². The number of carbonyl (C=O) groups is 1. The van der Waals surface area contributed by atoms with Crippen molar-refractivity contribution in [3.05, 3.63) is 101 Å². The summed E-state index contributed by atoms with van der Waals surface area (Å²) in [6.45, 7) is 0.486. The Morgan fingerprint density at radius 3 is 2.03 bits per heavy atom. The molecule has 1 amide bonds. The third kappa shape index (κ3) is 7.48. The molecule has 0 unspecified atom stereocenters. The molecule has 3 rings (SSSR count). The predicted octanol–water partition coefficient (Wildman–Crippen LogP) is 4.37. The minimum Gasteiger partial charge on any atom is -0.355 e. The predicted molar refractivity (Wildman–Crippen MR) is 128 cm³/mol. The molecular formula is C25H27ClN2O3S. The first kappa shape index (κ1) is 24.0. The number of benzene rings is 3. The number of amides is 1. The van der Waals surface area contributed by atoms with Crippen LogP contribution in [0.1, 0.15) is 24.0 Å². The van der Waals surface area contributed by atoms with Gasteiger partial charge in [0.1, 0.15) is 6.04 Å². The molecule has 0 spiro atoms. The fraction of sp³-hybridized carbons (Fsp3) is 0.240. The number of hydrogen-bond donors (Lipinski definition) is 2. The van der Waals surface area contributed by atoms with Gasteiger partial charge in [-0.05, 0) is 61.1 Å². The Morgan fingerprint density at radius 1 is 0.812 bits per heavy atom. The van der Waals surface area contributed by atoms with E-state index in [0.717, 1.165) is 24.8 Å². The van der Waals surface area contributed by atoms with E-state index in [1.165, 1.54) is 29.8 Å². The Kier molecular flexibility index (Phi) is 8.85. The largest absolute Gasteiger partial charge is 0.355 e. The van der Waals surface area contributed by atoms with Gasteiger partial charge in [0.05, 0.1) is 4.90 Å². The van der Waals surface area contributed by atoms with Gasteiger partial charge in [0.15, 0.2) is 0 Å². The van der Waals surface area contributed by atoms with Gasteiger partial charge in [0.2, 0.25) is 15.9 Å². The van der Waals surface area contributed by atoms with Crippen LogP contribution >= 0.6 is 11.6 Å². The van der Waals surface area contributed by atoms with Crippen molar-refractivity contribution in [3.63, 3.8) is 0 Å². The highest BCUT2D eigenvalue weighted by Gasteiger charge is 2.26. The SMILES string of the molecule is O=C(NCCCCc1ccccc1)[C@H](Cc1ccccc1)NS(=O)(=O)c1ccc(Cl)cc1. The number of nitrogens with one attached hydrogen (secondary N) is 2. The summed E-state index contributed by atoms with van der Waals surface area (Å²) in [7, 11) is -3.88. The highest BCUT2D eigenvalue weighted by atomic mass is 35.5.